The summed E-state index contributed by atoms with van der Waals surface area (Å²) >= 11 is 0. The molecule has 1 heterocycles. The van der Waals surface area contributed by atoms with Gasteiger partial charge in [-0.1, -0.05) is 6.07 Å². The highest BCUT2D eigenvalue weighted by Crippen LogP contribution is 2.36. The summed E-state index contributed by atoms with van der Waals surface area (Å²) in [6, 6.07) is 5.12. The highest BCUT2D eigenvalue weighted by atomic mass is 32.2. The standard InChI is InChI=1S/C13H18N2O3S/c1-4-15-9(2)8-12(16)14-13-10(15)6-5-7-11(13)19(3,17)18/h5-7,9H,4,8H2,1-3H3,(H,14,16). The Hall–Kier alpha value is -1.56. The van der Waals surface area contributed by atoms with Crippen molar-refractivity contribution in [1.82, 2.24) is 0 Å². The number of benzene rings is 1. The van der Waals surface area contributed by atoms with Crippen molar-refractivity contribution in [3.63, 3.8) is 0 Å². The van der Waals surface area contributed by atoms with Crippen LogP contribution >= 0.6 is 0 Å². The van der Waals surface area contributed by atoms with Crippen LogP contribution in [0.3, 0.4) is 0 Å². The van der Waals surface area contributed by atoms with Crippen LogP contribution < -0.4 is 10.2 Å². The van der Waals surface area contributed by atoms with Crippen molar-refractivity contribution in [2.45, 2.75) is 31.2 Å². The van der Waals surface area contributed by atoms with Gasteiger partial charge >= 0.3 is 0 Å². The Kier molecular flexibility index (Phi) is 3.54. The molecule has 1 N–H and O–H groups in total. The summed E-state index contributed by atoms with van der Waals surface area (Å²) in [4.78, 5) is 14.1. The molecule has 0 fully saturated rings. The van der Waals surface area contributed by atoms with E-state index >= 15 is 0 Å². The van der Waals surface area contributed by atoms with E-state index in [4.69, 9.17) is 0 Å². The van der Waals surface area contributed by atoms with Gasteiger partial charge in [-0.25, -0.2) is 8.42 Å². The Labute approximate surface area is 113 Å². The number of nitrogens with one attached hydrogen (secondary N) is 1. The molecular weight excluding hydrogens is 264 g/mol. The van der Waals surface area contributed by atoms with Crippen LogP contribution in [-0.2, 0) is 14.6 Å². The number of rotatable bonds is 2. The average molecular weight is 282 g/mol. The summed E-state index contributed by atoms with van der Waals surface area (Å²) in [5, 5.41) is 2.73. The zero-order valence-electron chi connectivity index (χ0n) is 11.3. The molecule has 0 saturated heterocycles. The van der Waals surface area contributed by atoms with Crippen LogP contribution in [0.1, 0.15) is 20.3 Å². The predicted octanol–water partition coefficient (Wildman–Crippen LogP) is 1.65. The van der Waals surface area contributed by atoms with Crippen LogP contribution in [0.25, 0.3) is 0 Å². The van der Waals surface area contributed by atoms with E-state index in [0.29, 0.717) is 12.1 Å². The van der Waals surface area contributed by atoms with Crippen LogP contribution in [0.4, 0.5) is 11.4 Å². The minimum absolute atomic E-state index is 0.0426. The van der Waals surface area contributed by atoms with Gasteiger partial charge in [0, 0.05) is 25.3 Å². The lowest BCUT2D eigenvalue weighted by atomic mass is 10.2. The largest absolute Gasteiger partial charge is 0.367 e. The molecule has 0 saturated carbocycles. The van der Waals surface area contributed by atoms with Crippen molar-refractivity contribution in [3.8, 4) is 0 Å². The molecule has 1 aromatic rings. The van der Waals surface area contributed by atoms with Crippen molar-refractivity contribution in [3.05, 3.63) is 18.2 Å². The Balaban J connectivity index is 2.69. The third-order valence-electron chi connectivity index (χ3n) is 3.33. The fourth-order valence-corrected chi connectivity index (χ4v) is 3.33. The maximum atomic E-state index is 11.9. The first-order valence-corrected chi connectivity index (χ1v) is 8.13. The van der Waals surface area contributed by atoms with Crippen molar-refractivity contribution in [2.75, 3.05) is 23.0 Å². The second-order valence-electron chi connectivity index (χ2n) is 4.81. The smallest absolute Gasteiger partial charge is 0.226 e. The average Bonchev–Trinajstić information content (AvgIpc) is 2.41. The molecule has 19 heavy (non-hydrogen) atoms. The van der Waals surface area contributed by atoms with Crippen LogP contribution in [0.15, 0.2) is 23.1 Å². The summed E-state index contributed by atoms with van der Waals surface area (Å²) in [7, 11) is -3.37. The molecule has 1 atom stereocenters. The Bertz CT molecular complexity index is 610. The van der Waals surface area contributed by atoms with Crippen LogP contribution in [-0.4, -0.2) is 33.2 Å². The molecule has 5 nitrogen and oxygen atoms in total. The number of para-hydroxylation sites is 1. The maximum absolute atomic E-state index is 11.9. The number of carbonyl (C=O) groups is 1. The third kappa shape index (κ3) is 2.58. The number of sulfone groups is 1. The SMILES string of the molecule is CCN1c2cccc(S(C)(=O)=O)c2NC(=O)CC1C. The number of amides is 1. The van der Waals surface area contributed by atoms with Crippen molar-refractivity contribution in [1.29, 1.82) is 0 Å². The lowest BCUT2D eigenvalue weighted by Crippen LogP contribution is -2.33. The molecule has 0 radical (unpaired) electrons. The van der Waals surface area contributed by atoms with Crippen LogP contribution in [0, 0.1) is 0 Å². The maximum Gasteiger partial charge on any atom is 0.226 e. The molecule has 0 aromatic heterocycles. The number of hydrogen-bond acceptors (Lipinski definition) is 4. The number of anilines is 2. The fraction of sp³-hybridized carbons (Fsp3) is 0.462. The van der Waals surface area contributed by atoms with Crippen molar-refractivity contribution in [2.24, 2.45) is 0 Å². The molecule has 1 unspecified atom stereocenters. The highest BCUT2D eigenvalue weighted by molar-refractivity contribution is 7.90. The number of fused-ring (bicyclic) bond motifs is 1. The summed E-state index contributed by atoms with van der Waals surface area (Å²) in [6.45, 7) is 4.67. The minimum Gasteiger partial charge on any atom is -0.367 e. The number of hydrogen-bond donors (Lipinski definition) is 1. The molecular formula is C13H18N2O3S. The molecule has 6 heteroatoms. The lowest BCUT2D eigenvalue weighted by molar-refractivity contribution is -0.116. The molecule has 0 aliphatic carbocycles. The quantitative estimate of drug-likeness (QED) is 0.895. The van der Waals surface area contributed by atoms with Gasteiger partial charge in [0.2, 0.25) is 5.91 Å². The van der Waals surface area contributed by atoms with E-state index in [-0.39, 0.29) is 16.8 Å². The topological polar surface area (TPSA) is 66.5 Å². The highest BCUT2D eigenvalue weighted by Gasteiger charge is 2.27. The van der Waals surface area contributed by atoms with Crippen LogP contribution in [0.5, 0.6) is 0 Å². The van der Waals surface area contributed by atoms with E-state index in [1.165, 1.54) is 6.07 Å². The Morgan fingerprint density at radius 1 is 1.42 bits per heavy atom. The van der Waals surface area contributed by atoms with Gasteiger partial charge in [0.05, 0.1) is 16.3 Å². The first-order valence-electron chi connectivity index (χ1n) is 6.24. The fourth-order valence-electron chi connectivity index (χ4n) is 2.48. The van der Waals surface area contributed by atoms with Gasteiger partial charge in [0.25, 0.3) is 0 Å². The summed E-state index contributed by atoms with van der Waals surface area (Å²) in [5.74, 6) is -0.152. The monoisotopic (exact) mass is 282 g/mol. The first-order chi connectivity index (χ1) is 8.84. The van der Waals surface area contributed by atoms with E-state index in [9.17, 15) is 13.2 Å². The van der Waals surface area contributed by atoms with E-state index in [2.05, 4.69) is 5.32 Å². The second-order valence-corrected chi connectivity index (χ2v) is 6.79. The molecule has 1 amide bonds. The minimum atomic E-state index is -3.37. The lowest BCUT2D eigenvalue weighted by Gasteiger charge is -2.28. The zero-order valence-corrected chi connectivity index (χ0v) is 12.1. The van der Waals surface area contributed by atoms with Gasteiger partial charge in [0.15, 0.2) is 9.84 Å². The van der Waals surface area contributed by atoms with Crippen molar-refractivity contribution < 1.29 is 13.2 Å². The number of carbonyl (C=O) groups excluding carboxylic acids is 1. The Morgan fingerprint density at radius 2 is 2.11 bits per heavy atom. The second kappa shape index (κ2) is 4.85. The summed E-state index contributed by atoms with van der Waals surface area (Å²) < 4.78 is 23.7. The van der Waals surface area contributed by atoms with E-state index < -0.39 is 9.84 Å². The molecule has 1 aliphatic heterocycles. The molecule has 0 spiro atoms. The zero-order chi connectivity index (χ0) is 14.2. The molecule has 104 valence electrons. The van der Waals surface area contributed by atoms with Gasteiger partial charge in [-0.3, -0.25) is 4.79 Å². The molecule has 2 rings (SSSR count). The molecule has 1 aromatic carbocycles. The molecule has 1 aliphatic rings. The van der Waals surface area contributed by atoms with E-state index in [0.717, 1.165) is 18.5 Å². The predicted molar refractivity (Wildman–Crippen MR) is 75.3 cm³/mol. The van der Waals surface area contributed by atoms with Gasteiger partial charge in [0.1, 0.15) is 0 Å². The molecule has 0 bridgehead atoms. The van der Waals surface area contributed by atoms with Gasteiger partial charge in [-0.15, -0.1) is 0 Å². The van der Waals surface area contributed by atoms with Crippen molar-refractivity contribution >= 4 is 27.1 Å². The summed E-state index contributed by atoms with van der Waals surface area (Å²) in [5.41, 5.74) is 1.17. The first kappa shape index (κ1) is 13.9. The Morgan fingerprint density at radius 3 is 2.68 bits per heavy atom. The van der Waals surface area contributed by atoms with E-state index in [1.807, 2.05) is 24.8 Å². The van der Waals surface area contributed by atoms with Crippen LogP contribution in [0.2, 0.25) is 0 Å². The third-order valence-corrected chi connectivity index (χ3v) is 4.47. The van der Waals surface area contributed by atoms with Gasteiger partial charge in [-0.05, 0) is 26.0 Å². The number of nitrogens with zero attached hydrogens (tertiary/aromatic N) is 1. The van der Waals surface area contributed by atoms with Gasteiger partial charge < -0.3 is 10.2 Å². The summed E-state index contributed by atoms with van der Waals surface area (Å²) in [6.07, 6.45) is 1.51. The normalized spacial score (nSPS) is 19.6. The van der Waals surface area contributed by atoms with Gasteiger partial charge in [-0.2, -0.15) is 0 Å². The van der Waals surface area contributed by atoms with E-state index in [1.54, 1.807) is 6.07 Å².